The van der Waals surface area contributed by atoms with E-state index in [1.807, 2.05) is 19.1 Å². The summed E-state index contributed by atoms with van der Waals surface area (Å²) in [6.45, 7) is 8.32. The Morgan fingerprint density at radius 1 is 1.20 bits per heavy atom. The second-order valence-corrected chi connectivity index (χ2v) is 10.5. The number of amides is 1. The summed E-state index contributed by atoms with van der Waals surface area (Å²) < 4.78 is 17.1. The Labute approximate surface area is 214 Å². The van der Waals surface area contributed by atoms with Crippen LogP contribution in [0.1, 0.15) is 87.8 Å². The van der Waals surface area contributed by atoms with Crippen molar-refractivity contribution in [2.24, 2.45) is 0 Å². The summed E-state index contributed by atoms with van der Waals surface area (Å²) >= 11 is 7.74. The minimum absolute atomic E-state index is 0.154. The Balaban J connectivity index is 1.49. The second-order valence-electron chi connectivity index (χ2n) is 8.94. The smallest absolute Gasteiger partial charge is 0.341 e. The highest BCUT2D eigenvalue weighted by Gasteiger charge is 2.28. The standard InChI is InChI=1S/C27H30ClNO5S/c1-5-32-27(31)24-18-8-6-7-9-23(18)35-26(24)29-25(30)21-11-10-17(34-21)14-33-22-12-16(4)20(28)13-19(22)15(2)3/h10-13,15H,5-9,14H2,1-4H3,(H,29,30). The van der Waals surface area contributed by atoms with Gasteiger partial charge in [0.1, 0.15) is 23.1 Å². The molecule has 6 nitrogen and oxygen atoms in total. The number of anilines is 1. The minimum Gasteiger partial charge on any atom is -0.485 e. The topological polar surface area (TPSA) is 77.8 Å². The van der Waals surface area contributed by atoms with Gasteiger partial charge in [0.2, 0.25) is 0 Å². The third-order valence-corrected chi connectivity index (χ3v) is 7.66. The monoisotopic (exact) mass is 515 g/mol. The summed E-state index contributed by atoms with van der Waals surface area (Å²) in [7, 11) is 0. The van der Waals surface area contributed by atoms with Crippen molar-refractivity contribution in [3.63, 3.8) is 0 Å². The third-order valence-electron chi connectivity index (χ3n) is 6.05. The molecule has 3 aromatic rings. The molecule has 1 amide bonds. The number of ether oxygens (including phenoxy) is 2. The lowest BCUT2D eigenvalue weighted by molar-refractivity contribution is 0.0526. The lowest BCUT2D eigenvalue weighted by Crippen LogP contribution is -2.15. The lowest BCUT2D eigenvalue weighted by atomic mass is 9.95. The van der Waals surface area contributed by atoms with Crippen molar-refractivity contribution in [2.45, 2.75) is 65.9 Å². The van der Waals surface area contributed by atoms with Crippen LogP contribution in [-0.4, -0.2) is 18.5 Å². The quantitative estimate of drug-likeness (QED) is 0.318. The van der Waals surface area contributed by atoms with Gasteiger partial charge in [0.25, 0.3) is 5.91 Å². The molecule has 0 saturated heterocycles. The van der Waals surface area contributed by atoms with Crippen LogP contribution < -0.4 is 10.1 Å². The second kappa shape index (κ2) is 10.9. The fourth-order valence-corrected chi connectivity index (χ4v) is 5.66. The Bertz CT molecular complexity index is 1240. The molecule has 35 heavy (non-hydrogen) atoms. The van der Waals surface area contributed by atoms with Crippen LogP contribution in [-0.2, 0) is 24.2 Å². The van der Waals surface area contributed by atoms with E-state index in [4.69, 9.17) is 25.5 Å². The number of rotatable bonds is 8. The van der Waals surface area contributed by atoms with E-state index in [2.05, 4.69) is 19.2 Å². The first-order valence-corrected chi connectivity index (χ1v) is 13.1. The van der Waals surface area contributed by atoms with Crippen molar-refractivity contribution in [1.82, 2.24) is 0 Å². The van der Waals surface area contributed by atoms with Crippen LogP contribution in [0, 0.1) is 6.92 Å². The van der Waals surface area contributed by atoms with E-state index in [-0.39, 0.29) is 24.9 Å². The van der Waals surface area contributed by atoms with Gasteiger partial charge in [0, 0.05) is 9.90 Å². The zero-order chi connectivity index (χ0) is 25.1. The maximum atomic E-state index is 13.0. The maximum absolute atomic E-state index is 13.0. The summed E-state index contributed by atoms with van der Waals surface area (Å²) in [5, 5.41) is 4.10. The SMILES string of the molecule is CCOC(=O)c1c(NC(=O)c2ccc(COc3cc(C)c(Cl)cc3C(C)C)o2)sc2c1CCCC2. The van der Waals surface area contributed by atoms with E-state index in [1.54, 1.807) is 19.1 Å². The lowest BCUT2D eigenvalue weighted by Gasteiger charge is -2.15. The molecule has 0 saturated carbocycles. The largest absolute Gasteiger partial charge is 0.485 e. The molecule has 0 bridgehead atoms. The van der Waals surface area contributed by atoms with E-state index in [0.717, 1.165) is 53.0 Å². The van der Waals surface area contributed by atoms with Crippen LogP contribution in [0.4, 0.5) is 5.00 Å². The molecule has 0 atom stereocenters. The number of hydrogen-bond acceptors (Lipinski definition) is 6. The summed E-state index contributed by atoms with van der Waals surface area (Å²) in [4.78, 5) is 26.8. The molecule has 0 unspecified atom stereocenters. The number of fused-ring (bicyclic) bond motifs is 1. The predicted molar refractivity (Wildman–Crippen MR) is 138 cm³/mol. The zero-order valence-electron chi connectivity index (χ0n) is 20.5. The molecule has 0 radical (unpaired) electrons. The minimum atomic E-state index is -0.411. The van der Waals surface area contributed by atoms with Crippen LogP contribution in [0.3, 0.4) is 0 Å². The summed E-state index contributed by atoms with van der Waals surface area (Å²) in [5.41, 5.74) is 3.43. The van der Waals surface area contributed by atoms with E-state index < -0.39 is 11.9 Å². The number of halogens is 1. The number of hydrogen-bond donors (Lipinski definition) is 1. The molecule has 1 aliphatic rings. The van der Waals surface area contributed by atoms with Crippen molar-refractivity contribution < 1.29 is 23.5 Å². The number of esters is 1. The number of nitrogens with one attached hydrogen (secondary N) is 1. The summed E-state index contributed by atoms with van der Waals surface area (Å²) in [6.07, 6.45) is 3.83. The number of furan rings is 1. The van der Waals surface area contributed by atoms with Gasteiger partial charge in [-0.3, -0.25) is 4.79 Å². The van der Waals surface area contributed by atoms with Gasteiger partial charge in [0.05, 0.1) is 12.2 Å². The normalized spacial score (nSPS) is 13.0. The Morgan fingerprint density at radius 3 is 2.71 bits per heavy atom. The molecule has 0 fully saturated rings. The van der Waals surface area contributed by atoms with Gasteiger partial charge >= 0.3 is 5.97 Å². The molecule has 1 N–H and O–H groups in total. The predicted octanol–water partition coefficient (Wildman–Crippen LogP) is 7.31. The van der Waals surface area contributed by atoms with Crippen LogP contribution in [0.25, 0.3) is 0 Å². The Hall–Kier alpha value is -2.77. The van der Waals surface area contributed by atoms with Crippen LogP contribution in [0.2, 0.25) is 5.02 Å². The summed E-state index contributed by atoms with van der Waals surface area (Å²) in [6, 6.07) is 7.18. The van der Waals surface area contributed by atoms with Gasteiger partial charge in [0.15, 0.2) is 5.76 Å². The van der Waals surface area contributed by atoms with Crippen molar-refractivity contribution in [3.8, 4) is 5.75 Å². The molecule has 0 aliphatic heterocycles. The van der Waals surface area contributed by atoms with Gasteiger partial charge in [-0.05, 0) is 86.4 Å². The molecule has 8 heteroatoms. The number of benzene rings is 1. The van der Waals surface area contributed by atoms with E-state index in [0.29, 0.717) is 21.3 Å². The average molecular weight is 516 g/mol. The van der Waals surface area contributed by atoms with Gasteiger partial charge < -0.3 is 19.2 Å². The molecular formula is C27H30ClNO5S. The Kier molecular flexibility index (Phi) is 7.87. The average Bonchev–Trinajstić information content (AvgIpc) is 3.44. The first-order valence-electron chi connectivity index (χ1n) is 11.9. The molecule has 186 valence electrons. The van der Waals surface area contributed by atoms with Crippen molar-refractivity contribution >= 4 is 39.8 Å². The molecular weight excluding hydrogens is 486 g/mol. The number of thiophene rings is 1. The molecule has 4 rings (SSSR count). The van der Waals surface area contributed by atoms with Crippen molar-refractivity contribution in [1.29, 1.82) is 0 Å². The molecule has 0 spiro atoms. The highest BCUT2D eigenvalue weighted by Crippen LogP contribution is 2.39. The fourth-order valence-electron chi connectivity index (χ4n) is 4.21. The molecule has 2 heterocycles. The maximum Gasteiger partial charge on any atom is 0.341 e. The number of aryl methyl sites for hydroxylation is 2. The molecule has 1 aromatic carbocycles. The van der Waals surface area contributed by atoms with E-state index in [1.165, 1.54) is 11.3 Å². The van der Waals surface area contributed by atoms with Crippen molar-refractivity contribution in [2.75, 3.05) is 11.9 Å². The van der Waals surface area contributed by atoms with Gasteiger partial charge in [-0.15, -0.1) is 11.3 Å². The van der Waals surface area contributed by atoms with Crippen LogP contribution in [0.5, 0.6) is 5.75 Å². The molecule has 2 aromatic heterocycles. The van der Waals surface area contributed by atoms with Crippen LogP contribution in [0.15, 0.2) is 28.7 Å². The highest BCUT2D eigenvalue weighted by atomic mass is 35.5. The fraction of sp³-hybridized carbons (Fsp3) is 0.407. The van der Waals surface area contributed by atoms with Gasteiger partial charge in [-0.1, -0.05) is 25.4 Å². The first kappa shape index (κ1) is 25.3. The van der Waals surface area contributed by atoms with E-state index >= 15 is 0 Å². The number of carbonyl (C=O) groups excluding carboxylic acids is 2. The number of carbonyl (C=O) groups is 2. The van der Waals surface area contributed by atoms with E-state index in [9.17, 15) is 9.59 Å². The molecule has 1 aliphatic carbocycles. The third kappa shape index (κ3) is 5.57. The Morgan fingerprint density at radius 2 is 1.97 bits per heavy atom. The highest BCUT2D eigenvalue weighted by molar-refractivity contribution is 7.17. The van der Waals surface area contributed by atoms with Gasteiger partial charge in [-0.2, -0.15) is 0 Å². The zero-order valence-corrected chi connectivity index (χ0v) is 22.0. The summed E-state index contributed by atoms with van der Waals surface area (Å²) in [5.74, 6) is 0.856. The van der Waals surface area contributed by atoms with Crippen LogP contribution >= 0.6 is 22.9 Å². The van der Waals surface area contributed by atoms with Crippen molar-refractivity contribution in [3.05, 3.63) is 67.9 Å². The first-order chi connectivity index (χ1) is 16.8. The van der Waals surface area contributed by atoms with Gasteiger partial charge in [-0.25, -0.2) is 4.79 Å².